The Bertz CT molecular complexity index is 687. The Morgan fingerprint density at radius 3 is 2.39 bits per heavy atom. The largest absolute Gasteiger partial charge is 0.466 e. The molecule has 0 fully saturated rings. The molecule has 0 bridgehead atoms. The lowest BCUT2D eigenvalue weighted by atomic mass is 10.1. The van der Waals surface area contributed by atoms with Crippen molar-refractivity contribution in [3.63, 3.8) is 0 Å². The molecule has 1 atom stereocenters. The van der Waals surface area contributed by atoms with Crippen molar-refractivity contribution in [3.8, 4) is 10.4 Å². The van der Waals surface area contributed by atoms with Gasteiger partial charge in [-0.25, -0.2) is 0 Å². The third-order valence-corrected chi connectivity index (χ3v) is 4.96. The number of ether oxygens (including phenoxy) is 1. The molecule has 1 aromatic carbocycles. The van der Waals surface area contributed by atoms with Crippen LogP contribution in [0.2, 0.25) is 0 Å². The van der Waals surface area contributed by atoms with Crippen LogP contribution in [-0.2, 0) is 15.7 Å². The first-order valence-corrected chi connectivity index (χ1v) is 8.00. The highest BCUT2D eigenvalue weighted by Gasteiger charge is 2.30. The van der Waals surface area contributed by atoms with E-state index in [9.17, 15) is 18.0 Å². The Morgan fingerprint density at radius 2 is 1.87 bits per heavy atom. The van der Waals surface area contributed by atoms with Gasteiger partial charge in [0.15, 0.2) is 0 Å². The minimum absolute atomic E-state index is 0.295. The van der Waals surface area contributed by atoms with E-state index < -0.39 is 11.7 Å². The molecular weight excluding hydrogens is 325 g/mol. The molecule has 1 heterocycles. The molecule has 0 spiro atoms. The van der Waals surface area contributed by atoms with Crippen molar-refractivity contribution in [1.29, 1.82) is 0 Å². The third-order valence-electron chi connectivity index (χ3n) is 3.49. The van der Waals surface area contributed by atoms with Gasteiger partial charge in [0.25, 0.3) is 0 Å². The molecule has 2 aromatic rings. The maximum Gasteiger partial charge on any atom is 0.416 e. The van der Waals surface area contributed by atoms with Gasteiger partial charge in [-0.05, 0) is 50.1 Å². The highest BCUT2D eigenvalue weighted by atomic mass is 32.1. The number of rotatable bonds is 4. The van der Waals surface area contributed by atoms with Gasteiger partial charge < -0.3 is 4.74 Å². The second-order valence-corrected chi connectivity index (χ2v) is 6.29. The smallest absolute Gasteiger partial charge is 0.416 e. The van der Waals surface area contributed by atoms with E-state index in [-0.39, 0.29) is 11.9 Å². The summed E-state index contributed by atoms with van der Waals surface area (Å²) in [7, 11) is 0. The van der Waals surface area contributed by atoms with E-state index in [0.29, 0.717) is 12.2 Å². The predicted octanol–water partition coefficient (Wildman–Crippen LogP) is 5.41. The fourth-order valence-corrected chi connectivity index (χ4v) is 3.49. The van der Waals surface area contributed by atoms with E-state index in [1.54, 1.807) is 13.8 Å². The Balaban J connectivity index is 2.29. The maximum absolute atomic E-state index is 12.6. The van der Waals surface area contributed by atoms with Gasteiger partial charge in [-0.3, -0.25) is 4.79 Å². The summed E-state index contributed by atoms with van der Waals surface area (Å²) in [5, 5.41) is 0. The van der Waals surface area contributed by atoms with Crippen LogP contribution >= 0.6 is 11.3 Å². The minimum Gasteiger partial charge on any atom is -0.466 e. The maximum atomic E-state index is 12.6. The van der Waals surface area contributed by atoms with Crippen molar-refractivity contribution in [2.45, 2.75) is 32.9 Å². The number of halogens is 3. The molecule has 2 rings (SSSR count). The topological polar surface area (TPSA) is 26.3 Å². The molecule has 0 saturated carbocycles. The van der Waals surface area contributed by atoms with Gasteiger partial charge in [-0.1, -0.05) is 12.1 Å². The minimum atomic E-state index is -4.34. The first-order valence-electron chi connectivity index (χ1n) is 7.18. The van der Waals surface area contributed by atoms with Crippen LogP contribution in [0.25, 0.3) is 10.4 Å². The number of esters is 1. The molecular formula is C17H17F3O2S. The number of hydrogen-bond donors (Lipinski definition) is 0. The molecule has 23 heavy (non-hydrogen) atoms. The summed E-state index contributed by atoms with van der Waals surface area (Å²) in [6.45, 7) is 5.72. The number of carbonyl (C=O) groups excluding carboxylic acids is 1. The van der Waals surface area contributed by atoms with E-state index in [1.807, 2.05) is 13.0 Å². The van der Waals surface area contributed by atoms with Crippen LogP contribution in [0.5, 0.6) is 0 Å². The van der Waals surface area contributed by atoms with Gasteiger partial charge in [0.05, 0.1) is 18.1 Å². The van der Waals surface area contributed by atoms with Gasteiger partial charge in [-0.15, -0.1) is 11.3 Å². The highest BCUT2D eigenvalue weighted by molar-refractivity contribution is 7.15. The van der Waals surface area contributed by atoms with Crippen molar-refractivity contribution in [3.05, 3.63) is 46.3 Å². The second kappa shape index (κ2) is 6.74. The fourth-order valence-electron chi connectivity index (χ4n) is 2.27. The standard InChI is InChI=1S/C17H17F3O2S/c1-4-22-16(21)11(3)15-10(2)9-14(23-15)12-5-7-13(8-6-12)17(18,19)20/h5-9,11H,4H2,1-3H3. The van der Waals surface area contributed by atoms with Crippen LogP contribution in [0, 0.1) is 6.92 Å². The van der Waals surface area contributed by atoms with Crippen molar-refractivity contribution >= 4 is 17.3 Å². The molecule has 0 aliphatic rings. The first-order chi connectivity index (χ1) is 10.7. The molecule has 0 aliphatic carbocycles. The molecule has 1 unspecified atom stereocenters. The Morgan fingerprint density at radius 1 is 1.26 bits per heavy atom. The Hall–Kier alpha value is -1.82. The zero-order valence-corrected chi connectivity index (χ0v) is 13.8. The van der Waals surface area contributed by atoms with Crippen molar-refractivity contribution in [2.24, 2.45) is 0 Å². The fraction of sp³-hybridized carbons (Fsp3) is 0.353. The van der Waals surface area contributed by atoms with Crippen LogP contribution in [0.15, 0.2) is 30.3 Å². The summed E-state index contributed by atoms with van der Waals surface area (Å²) in [4.78, 5) is 13.6. The zero-order valence-electron chi connectivity index (χ0n) is 13.0. The van der Waals surface area contributed by atoms with Crippen molar-refractivity contribution < 1.29 is 22.7 Å². The summed E-state index contributed by atoms with van der Waals surface area (Å²) in [5.41, 5.74) is 0.966. The quantitative estimate of drug-likeness (QED) is 0.695. The number of carbonyl (C=O) groups is 1. The molecule has 0 saturated heterocycles. The van der Waals surface area contributed by atoms with E-state index in [4.69, 9.17) is 4.74 Å². The van der Waals surface area contributed by atoms with Crippen LogP contribution in [0.1, 0.15) is 35.8 Å². The summed E-state index contributed by atoms with van der Waals surface area (Å²) < 4.78 is 42.9. The molecule has 0 radical (unpaired) electrons. The SMILES string of the molecule is CCOC(=O)C(C)c1sc(-c2ccc(C(F)(F)F)cc2)cc1C. The average Bonchev–Trinajstić information content (AvgIpc) is 2.88. The van der Waals surface area contributed by atoms with Crippen LogP contribution < -0.4 is 0 Å². The monoisotopic (exact) mass is 342 g/mol. The van der Waals surface area contributed by atoms with E-state index >= 15 is 0 Å². The summed E-state index contributed by atoms with van der Waals surface area (Å²) in [5.74, 6) is -0.681. The summed E-state index contributed by atoms with van der Waals surface area (Å²) >= 11 is 1.41. The lowest BCUT2D eigenvalue weighted by molar-refractivity contribution is -0.144. The van der Waals surface area contributed by atoms with Gasteiger partial charge in [0.2, 0.25) is 0 Å². The number of alkyl halides is 3. The number of benzene rings is 1. The van der Waals surface area contributed by atoms with E-state index in [0.717, 1.165) is 27.5 Å². The number of hydrogen-bond acceptors (Lipinski definition) is 3. The van der Waals surface area contributed by atoms with Gasteiger partial charge in [0.1, 0.15) is 0 Å². The molecule has 2 nitrogen and oxygen atoms in total. The Labute approximate surface area is 136 Å². The molecule has 1 aromatic heterocycles. The lowest BCUT2D eigenvalue weighted by Gasteiger charge is -2.09. The molecule has 0 amide bonds. The molecule has 124 valence electrons. The van der Waals surface area contributed by atoms with Crippen LogP contribution in [0.4, 0.5) is 13.2 Å². The summed E-state index contributed by atoms with van der Waals surface area (Å²) in [6.07, 6.45) is -4.34. The first kappa shape index (κ1) is 17.5. The molecule has 0 aliphatic heterocycles. The van der Waals surface area contributed by atoms with Crippen LogP contribution in [-0.4, -0.2) is 12.6 Å². The van der Waals surface area contributed by atoms with Crippen molar-refractivity contribution in [2.75, 3.05) is 6.61 Å². The normalized spacial score (nSPS) is 13.0. The predicted molar refractivity (Wildman–Crippen MR) is 84.5 cm³/mol. The van der Waals surface area contributed by atoms with E-state index in [1.165, 1.54) is 23.5 Å². The van der Waals surface area contributed by atoms with E-state index in [2.05, 4.69) is 0 Å². The highest BCUT2D eigenvalue weighted by Crippen LogP contribution is 2.37. The second-order valence-electron chi connectivity index (χ2n) is 5.21. The van der Waals surface area contributed by atoms with Gasteiger partial charge in [0, 0.05) is 9.75 Å². The summed E-state index contributed by atoms with van der Waals surface area (Å²) in [6, 6.07) is 6.93. The molecule has 0 N–H and O–H groups in total. The van der Waals surface area contributed by atoms with Crippen molar-refractivity contribution in [1.82, 2.24) is 0 Å². The lowest BCUT2D eigenvalue weighted by Crippen LogP contribution is -2.12. The molecule has 6 heteroatoms. The zero-order chi connectivity index (χ0) is 17.2. The van der Waals surface area contributed by atoms with Gasteiger partial charge >= 0.3 is 12.1 Å². The Kier molecular flexibility index (Phi) is 5.14. The van der Waals surface area contributed by atoms with Gasteiger partial charge in [-0.2, -0.15) is 13.2 Å². The number of aryl methyl sites for hydroxylation is 1. The van der Waals surface area contributed by atoms with Crippen LogP contribution in [0.3, 0.4) is 0 Å². The third kappa shape index (κ3) is 3.93. The average molecular weight is 342 g/mol. The number of thiophene rings is 1.